The Labute approximate surface area is 114 Å². The van der Waals surface area contributed by atoms with E-state index < -0.39 is 11.6 Å². The van der Waals surface area contributed by atoms with E-state index in [4.69, 9.17) is 4.74 Å². The molecule has 0 radical (unpaired) electrons. The summed E-state index contributed by atoms with van der Waals surface area (Å²) < 4.78 is 31.4. The van der Waals surface area contributed by atoms with Gasteiger partial charge in [0.15, 0.2) is 11.6 Å². The molecule has 0 atom stereocenters. The highest BCUT2D eigenvalue weighted by atomic mass is 19.2. The predicted octanol–water partition coefficient (Wildman–Crippen LogP) is 3.76. The average Bonchev–Trinajstić information content (AvgIpc) is 2.37. The predicted molar refractivity (Wildman–Crippen MR) is 73.4 cm³/mol. The maximum absolute atomic E-state index is 13.2. The van der Waals surface area contributed by atoms with E-state index >= 15 is 0 Å². The Kier molecular flexibility index (Phi) is 7.41. The van der Waals surface area contributed by atoms with Crippen LogP contribution in [-0.2, 0) is 0 Å². The molecule has 0 spiro atoms. The Hall–Kier alpha value is -1.16. The van der Waals surface area contributed by atoms with Gasteiger partial charge in [-0.3, -0.25) is 0 Å². The summed E-state index contributed by atoms with van der Waals surface area (Å²) >= 11 is 0. The first kappa shape index (κ1) is 15.9. The number of unbranched alkanes of at least 4 members (excludes halogenated alkanes) is 2. The molecule has 0 aliphatic carbocycles. The third-order valence-electron chi connectivity index (χ3n) is 2.72. The zero-order valence-electron chi connectivity index (χ0n) is 11.7. The van der Waals surface area contributed by atoms with Gasteiger partial charge in [-0.2, -0.15) is 4.39 Å². The van der Waals surface area contributed by atoms with Gasteiger partial charge in [0.1, 0.15) is 0 Å². The minimum absolute atomic E-state index is 0.00191. The van der Waals surface area contributed by atoms with E-state index in [1.807, 2.05) is 0 Å². The number of hydrogen-bond acceptors (Lipinski definition) is 2. The highest BCUT2D eigenvalue weighted by Crippen LogP contribution is 2.19. The molecule has 0 bridgehead atoms. The van der Waals surface area contributed by atoms with E-state index in [-0.39, 0.29) is 5.75 Å². The lowest BCUT2D eigenvalue weighted by Crippen LogP contribution is -2.20. The van der Waals surface area contributed by atoms with Crippen LogP contribution in [0.3, 0.4) is 0 Å². The molecule has 1 rings (SSSR count). The van der Waals surface area contributed by atoms with Gasteiger partial charge in [-0.25, -0.2) is 4.39 Å². The van der Waals surface area contributed by atoms with Crippen LogP contribution in [0.2, 0.25) is 0 Å². The Morgan fingerprint density at radius 2 is 1.95 bits per heavy atom. The lowest BCUT2D eigenvalue weighted by Gasteiger charge is -2.08. The summed E-state index contributed by atoms with van der Waals surface area (Å²) in [6.45, 7) is 6.80. The van der Waals surface area contributed by atoms with Crippen molar-refractivity contribution in [1.82, 2.24) is 5.32 Å². The molecule has 0 fully saturated rings. The number of hydrogen-bond donors (Lipinski definition) is 1. The van der Waals surface area contributed by atoms with Crippen molar-refractivity contribution < 1.29 is 13.5 Å². The molecule has 1 aromatic carbocycles. The van der Waals surface area contributed by atoms with Gasteiger partial charge in [-0.15, -0.1) is 0 Å². The molecule has 19 heavy (non-hydrogen) atoms. The summed E-state index contributed by atoms with van der Waals surface area (Å²) in [6, 6.07) is 3.98. The summed E-state index contributed by atoms with van der Waals surface area (Å²) in [5.41, 5.74) is 0. The molecule has 0 amide bonds. The fourth-order valence-corrected chi connectivity index (χ4v) is 1.70. The van der Waals surface area contributed by atoms with Crippen LogP contribution in [0.1, 0.15) is 33.1 Å². The minimum atomic E-state index is -0.902. The van der Waals surface area contributed by atoms with E-state index in [1.165, 1.54) is 12.1 Å². The van der Waals surface area contributed by atoms with Crippen molar-refractivity contribution in [3.63, 3.8) is 0 Å². The van der Waals surface area contributed by atoms with Crippen LogP contribution in [0.15, 0.2) is 18.2 Å². The first-order valence-electron chi connectivity index (χ1n) is 6.88. The Bertz CT molecular complexity index is 369. The average molecular weight is 271 g/mol. The number of halogens is 2. The van der Waals surface area contributed by atoms with E-state index in [2.05, 4.69) is 19.2 Å². The Balaban J connectivity index is 2.06. The van der Waals surface area contributed by atoms with Crippen molar-refractivity contribution in [1.29, 1.82) is 0 Å². The van der Waals surface area contributed by atoms with Gasteiger partial charge in [0.25, 0.3) is 0 Å². The molecule has 1 N–H and O–H groups in total. The quantitative estimate of drug-likeness (QED) is 0.690. The van der Waals surface area contributed by atoms with Crippen LogP contribution in [0.4, 0.5) is 8.78 Å². The molecule has 0 aliphatic rings. The molecular weight excluding hydrogens is 248 g/mol. The number of ether oxygens (including phenoxy) is 1. The van der Waals surface area contributed by atoms with Gasteiger partial charge >= 0.3 is 0 Å². The van der Waals surface area contributed by atoms with E-state index in [0.717, 1.165) is 38.4 Å². The fourth-order valence-electron chi connectivity index (χ4n) is 1.70. The molecule has 0 saturated carbocycles. The smallest absolute Gasteiger partial charge is 0.200 e. The standard InChI is InChI=1S/C15H23F2NO/c1-12(2)11-18-9-4-3-5-10-19-14-8-6-7-13(16)15(14)17/h6-8,12,18H,3-5,9-11H2,1-2H3. The second kappa shape index (κ2) is 8.86. The minimum Gasteiger partial charge on any atom is -0.490 e. The van der Waals surface area contributed by atoms with E-state index in [1.54, 1.807) is 0 Å². The van der Waals surface area contributed by atoms with Crippen LogP contribution in [-0.4, -0.2) is 19.7 Å². The summed E-state index contributed by atoms with van der Waals surface area (Å²) in [5.74, 6) is -1.10. The van der Waals surface area contributed by atoms with Gasteiger partial charge in [0.2, 0.25) is 5.82 Å². The summed E-state index contributed by atoms with van der Waals surface area (Å²) in [5, 5.41) is 3.36. The van der Waals surface area contributed by atoms with Crippen LogP contribution in [0.25, 0.3) is 0 Å². The second-order valence-electron chi connectivity index (χ2n) is 5.06. The summed E-state index contributed by atoms with van der Waals surface area (Å²) in [6.07, 6.45) is 2.93. The first-order chi connectivity index (χ1) is 9.11. The normalized spacial score (nSPS) is 11.0. The van der Waals surface area contributed by atoms with Crippen LogP contribution in [0, 0.1) is 17.6 Å². The maximum Gasteiger partial charge on any atom is 0.200 e. The summed E-state index contributed by atoms with van der Waals surface area (Å²) in [4.78, 5) is 0. The molecule has 4 heteroatoms. The van der Waals surface area contributed by atoms with E-state index in [0.29, 0.717) is 12.5 Å². The number of nitrogens with one attached hydrogen (secondary N) is 1. The zero-order chi connectivity index (χ0) is 14.1. The highest BCUT2D eigenvalue weighted by Gasteiger charge is 2.07. The summed E-state index contributed by atoms with van der Waals surface area (Å²) in [7, 11) is 0. The lowest BCUT2D eigenvalue weighted by atomic mass is 10.2. The van der Waals surface area contributed by atoms with Gasteiger partial charge in [0.05, 0.1) is 6.61 Å². The monoisotopic (exact) mass is 271 g/mol. The lowest BCUT2D eigenvalue weighted by molar-refractivity contribution is 0.285. The van der Waals surface area contributed by atoms with Crippen molar-refractivity contribution in [3.8, 4) is 5.75 Å². The van der Waals surface area contributed by atoms with Gasteiger partial charge in [-0.1, -0.05) is 19.9 Å². The fraction of sp³-hybridized carbons (Fsp3) is 0.600. The second-order valence-corrected chi connectivity index (χ2v) is 5.06. The Morgan fingerprint density at radius 3 is 2.68 bits per heavy atom. The maximum atomic E-state index is 13.2. The van der Waals surface area contributed by atoms with Gasteiger partial charge in [0, 0.05) is 0 Å². The van der Waals surface area contributed by atoms with E-state index in [9.17, 15) is 8.78 Å². The Morgan fingerprint density at radius 1 is 1.16 bits per heavy atom. The van der Waals surface area contributed by atoms with Crippen molar-refractivity contribution in [2.75, 3.05) is 19.7 Å². The zero-order valence-corrected chi connectivity index (χ0v) is 11.7. The van der Waals surface area contributed by atoms with Crippen molar-refractivity contribution in [3.05, 3.63) is 29.8 Å². The van der Waals surface area contributed by atoms with Crippen LogP contribution < -0.4 is 10.1 Å². The largest absolute Gasteiger partial charge is 0.490 e. The molecule has 108 valence electrons. The third kappa shape index (κ3) is 6.53. The topological polar surface area (TPSA) is 21.3 Å². The molecule has 0 unspecified atom stereocenters. The molecule has 0 aliphatic heterocycles. The molecule has 2 nitrogen and oxygen atoms in total. The first-order valence-corrected chi connectivity index (χ1v) is 6.88. The van der Waals surface area contributed by atoms with Crippen molar-refractivity contribution in [2.24, 2.45) is 5.92 Å². The van der Waals surface area contributed by atoms with Crippen LogP contribution >= 0.6 is 0 Å². The molecule has 0 heterocycles. The molecule has 0 saturated heterocycles. The highest BCUT2D eigenvalue weighted by molar-refractivity contribution is 5.24. The number of rotatable bonds is 9. The van der Waals surface area contributed by atoms with Gasteiger partial charge in [-0.05, 0) is 50.4 Å². The molecule has 0 aromatic heterocycles. The van der Waals surface area contributed by atoms with Crippen LogP contribution in [0.5, 0.6) is 5.75 Å². The van der Waals surface area contributed by atoms with Crippen molar-refractivity contribution >= 4 is 0 Å². The number of benzene rings is 1. The molecule has 1 aromatic rings. The van der Waals surface area contributed by atoms with Crippen molar-refractivity contribution in [2.45, 2.75) is 33.1 Å². The van der Waals surface area contributed by atoms with Gasteiger partial charge < -0.3 is 10.1 Å². The SMILES string of the molecule is CC(C)CNCCCCCOc1cccc(F)c1F. The third-order valence-corrected chi connectivity index (χ3v) is 2.72. The molecular formula is C15H23F2NO.